The van der Waals surface area contributed by atoms with Gasteiger partial charge in [-0.05, 0) is 19.9 Å². The summed E-state index contributed by atoms with van der Waals surface area (Å²) in [5.41, 5.74) is 6.13. The highest BCUT2D eigenvalue weighted by molar-refractivity contribution is 5.56. The number of aromatic nitrogens is 1. The van der Waals surface area contributed by atoms with Crippen LogP contribution in [0.25, 0.3) is 0 Å². The molecule has 1 atom stereocenters. The summed E-state index contributed by atoms with van der Waals surface area (Å²) in [7, 11) is 0. The van der Waals surface area contributed by atoms with Gasteiger partial charge in [-0.3, -0.25) is 10.1 Å². The van der Waals surface area contributed by atoms with E-state index in [0.717, 1.165) is 5.69 Å². The average molecular weight is 210 g/mol. The van der Waals surface area contributed by atoms with Gasteiger partial charge in [-0.1, -0.05) is 0 Å². The van der Waals surface area contributed by atoms with Crippen LogP contribution in [-0.2, 0) is 0 Å². The van der Waals surface area contributed by atoms with Crippen LogP contribution >= 0.6 is 0 Å². The first kappa shape index (κ1) is 11.4. The van der Waals surface area contributed by atoms with Gasteiger partial charge < -0.3 is 11.1 Å². The van der Waals surface area contributed by atoms with Gasteiger partial charge in [0, 0.05) is 24.3 Å². The molecule has 15 heavy (non-hydrogen) atoms. The fourth-order valence-electron chi connectivity index (χ4n) is 1.10. The Labute approximate surface area is 87.7 Å². The van der Waals surface area contributed by atoms with Crippen LogP contribution in [-0.4, -0.2) is 22.5 Å². The minimum atomic E-state index is -0.460. The van der Waals surface area contributed by atoms with Crippen molar-refractivity contribution in [3.8, 4) is 0 Å². The highest BCUT2D eigenvalue weighted by Gasteiger charge is 2.16. The summed E-state index contributed by atoms with van der Waals surface area (Å²) in [4.78, 5) is 14.3. The Morgan fingerprint density at radius 1 is 1.67 bits per heavy atom. The van der Waals surface area contributed by atoms with Crippen molar-refractivity contribution in [2.45, 2.75) is 19.9 Å². The number of aryl methyl sites for hydroxylation is 1. The van der Waals surface area contributed by atoms with Crippen LogP contribution in [0, 0.1) is 17.0 Å². The quantitative estimate of drug-likeness (QED) is 0.572. The van der Waals surface area contributed by atoms with Crippen molar-refractivity contribution in [3.05, 3.63) is 27.9 Å². The average Bonchev–Trinajstić information content (AvgIpc) is 2.17. The predicted molar refractivity (Wildman–Crippen MR) is 57.8 cm³/mol. The zero-order valence-corrected chi connectivity index (χ0v) is 8.73. The molecular weight excluding hydrogens is 196 g/mol. The number of nitrogens with one attached hydrogen (secondary N) is 1. The smallest absolute Gasteiger partial charge is 0.311 e. The minimum absolute atomic E-state index is 0.0269. The lowest BCUT2D eigenvalue weighted by Gasteiger charge is -2.12. The second-order valence-corrected chi connectivity index (χ2v) is 3.36. The third-order valence-corrected chi connectivity index (χ3v) is 1.95. The predicted octanol–water partition coefficient (Wildman–Crippen LogP) is 1.06. The number of pyridine rings is 1. The van der Waals surface area contributed by atoms with Crippen LogP contribution in [0.3, 0.4) is 0 Å². The van der Waals surface area contributed by atoms with E-state index in [9.17, 15) is 10.1 Å². The Kier molecular flexibility index (Phi) is 3.56. The molecule has 0 aliphatic carbocycles. The number of rotatable bonds is 4. The largest absolute Gasteiger partial charge is 0.361 e. The lowest BCUT2D eigenvalue weighted by molar-refractivity contribution is -0.384. The molecule has 1 heterocycles. The molecule has 0 spiro atoms. The Morgan fingerprint density at radius 2 is 2.33 bits per heavy atom. The van der Waals surface area contributed by atoms with E-state index in [1.54, 1.807) is 13.0 Å². The van der Waals surface area contributed by atoms with Crippen LogP contribution < -0.4 is 11.1 Å². The Hall–Kier alpha value is -1.69. The fourth-order valence-corrected chi connectivity index (χ4v) is 1.10. The third-order valence-electron chi connectivity index (χ3n) is 1.95. The molecule has 0 saturated carbocycles. The summed E-state index contributed by atoms with van der Waals surface area (Å²) in [5, 5.41) is 13.6. The molecule has 6 heteroatoms. The molecule has 1 aromatic rings. The molecule has 1 unspecified atom stereocenters. The number of nitrogens with zero attached hydrogens (tertiary/aromatic N) is 2. The minimum Gasteiger partial charge on any atom is -0.361 e. The summed E-state index contributed by atoms with van der Waals surface area (Å²) >= 11 is 0. The van der Waals surface area contributed by atoms with Crippen LogP contribution in [0.1, 0.15) is 12.6 Å². The molecule has 0 saturated heterocycles. The van der Waals surface area contributed by atoms with Crippen molar-refractivity contribution < 1.29 is 4.92 Å². The summed E-state index contributed by atoms with van der Waals surface area (Å²) < 4.78 is 0. The van der Waals surface area contributed by atoms with Crippen LogP contribution in [0.2, 0.25) is 0 Å². The molecule has 1 rings (SSSR count). The van der Waals surface area contributed by atoms with Crippen LogP contribution in [0.15, 0.2) is 12.1 Å². The SMILES string of the molecule is Cc1ccc([N+](=O)[O-])c(NC(C)CN)n1. The normalized spacial score (nSPS) is 12.2. The number of nitrogens with two attached hydrogens (primary N) is 1. The second kappa shape index (κ2) is 4.70. The van der Waals surface area contributed by atoms with Crippen molar-refractivity contribution in [1.29, 1.82) is 0 Å². The van der Waals surface area contributed by atoms with Gasteiger partial charge >= 0.3 is 5.69 Å². The van der Waals surface area contributed by atoms with E-state index >= 15 is 0 Å². The number of hydrogen-bond donors (Lipinski definition) is 2. The summed E-state index contributed by atoms with van der Waals surface area (Å²) in [6, 6.07) is 3.00. The molecule has 6 nitrogen and oxygen atoms in total. The standard InChI is InChI=1S/C9H14N4O2/c1-6-3-4-8(13(14)15)9(11-6)12-7(2)5-10/h3-4,7H,5,10H2,1-2H3,(H,11,12). The highest BCUT2D eigenvalue weighted by atomic mass is 16.6. The van der Waals surface area contributed by atoms with E-state index in [1.807, 2.05) is 6.92 Å². The lowest BCUT2D eigenvalue weighted by Crippen LogP contribution is -2.26. The zero-order valence-electron chi connectivity index (χ0n) is 8.73. The summed E-state index contributed by atoms with van der Waals surface area (Å²) in [5.74, 6) is 0.276. The first-order valence-electron chi connectivity index (χ1n) is 4.63. The Bertz CT molecular complexity index is 367. The monoisotopic (exact) mass is 210 g/mol. The first-order valence-corrected chi connectivity index (χ1v) is 4.63. The van der Waals surface area contributed by atoms with Crippen LogP contribution in [0.4, 0.5) is 11.5 Å². The van der Waals surface area contributed by atoms with Gasteiger partial charge in [-0.25, -0.2) is 4.98 Å². The summed E-state index contributed by atoms with van der Waals surface area (Å²) in [6.07, 6.45) is 0. The van der Waals surface area contributed by atoms with E-state index in [0.29, 0.717) is 6.54 Å². The molecule has 0 bridgehead atoms. The van der Waals surface area contributed by atoms with Gasteiger partial charge in [-0.15, -0.1) is 0 Å². The van der Waals surface area contributed by atoms with Crippen molar-refractivity contribution in [2.75, 3.05) is 11.9 Å². The molecular formula is C9H14N4O2. The molecule has 0 aromatic carbocycles. The molecule has 0 radical (unpaired) electrons. The van der Waals surface area contributed by atoms with Gasteiger partial charge in [0.15, 0.2) is 0 Å². The number of anilines is 1. The molecule has 0 aliphatic rings. The van der Waals surface area contributed by atoms with E-state index in [4.69, 9.17) is 5.73 Å². The van der Waals surface area contributed by atoms with Crippen molar-refractivity contribution in [3.63, 3.8) is 0 Å². The maximum absolute atomic E-state index is 10.7. The number of hydrogen-bond acceptors (Lipinski definition) is 5. The Balaban J connectivity index is 3.02. The van der Waals surface area contributed by atoms with Gasteiger partial charge in [0.05, 0.1) is 4.92 Å². The van der Waals surface area contributed by atoms with E-state index < -0.39 is 4.92 Å². The molecule has 82 valence electrons. The fraction of sp³-hybridized carbons (Fsp3) is 0.444. The van der Waals surface area contributed by atoms with Crippen molar-refractivity contribution in [2.24, 2.45) is 5.73 Å². The molecule has 0 aliphatic heterocycles. The van der Waals surface area contributed by atoms with Crippen molar-refractivity contribution >= 4 is 11.5 Å². The van der Waals surface area contributed by atoms with Crippen molar-refractivity contribution in [1.82, 2.24) is 4.98 Å². The van der Waals surface area contributed by atoms with E-state index in [1.165, 1.54) is 6.07 Å². The topological polar surface area (TPSA) is 94.1 Å². The molecule has 1 aromatic heterocycles. The van der Waals surface area contributed by atoms with Gasteiger partial charge in [-0.2, -0.15) is 0 Å². The van der Waals surface area contributed by atoms with E-state index in [-0.39, 0.29) is 17.5 Å². The third kappa shape index (κ3) is 2.88. The lowest BCUT2D eigenvalue weighted by atomic mass is 10.3. The molecule has 0 amide bonds. The molecule has 3 N–H and O–H groups in total. The zero-order chi connectivity index (χ0) is 11.4. The Morgan fingerprint density at radius 3 is 2.87 bits per heavy atom. The summed E-state index contributed by atoms with van der Waals surface area (Å²) in [6.45, 7) is 4.02. The van der Waals surface area contributed by atoms with Crippen LogP contribution in [0.5, 0.6) is 0 Å². The maximum Gasteiger partial charge on any atom is 0.311 e. The van der Waals surface area contributed by atoms with Gasteiger partial charge in [0.1, 0.15) is 0 Å². The second-order valence-electron chi connectivity index (χ2n) is 3.36. The first-order chi connectivity index (χ1) is 7.04. The number of nitro groups is 1. The van der Waals surface area contributed by atoms with Gasteiger partial charge in [0.25, 0.3) is 0 Å². The van der Waals surface area contributed by atoms with Gasteiger partial charge in [0.2, 0.25) is 5.82 Å². The van der Waals surface area contributed by atoms with E-state index in [2.05, 4.69) is 10.3 Å². The maximum atomic E-state index is 10.7. The highest BCUT2D eigenvalue weighted by Crippen LogP contribution is 2.22. The molecule has 0 fully saturated rings.